The fraction of sp³-hybridized carbons (Fsp3) is 0.167. The van der Waals surface area contributed by atoms with E-state index >= 15 is 0 Å². The van der Waals surface area contributed by atoms with E-state index in [1.807, 2.05) is 53.2 Å². The molecule has 0 aliphatic heterocycles. The monoisotopic (exact) mass is 276 g/mol. The van der Waals surface area contributed by atoms with Crippen LogP contribution in [0.4, 0.5) is 0 Å². The summed E-state index contributed by atoms with van der Waals surface area (Å²) >= 11 is 0. The van der Waals surface area contributed by atoms with Gasteiger partial charge in [-0.05, 0) is 29.3 Å². The molecule has 1 N–H and O–H groups in total. The van der Waals surface area contributed by atoms with Gasteiger partial charge in [0.1, 0.15) is 5.60 Å². The van der Waals surface area contributed by atoms with E-state index in [0.29, 0.717) is 12.8 Å². The zero-order valence-corrected chi connectivity index (χ0v) is 11.6. The van der Waals surface area contributed by atoms with Crippen molar-refractivity contribution in [2.24, 2.45) is 0 Å². The second-order valence-electron chi connectivity index (χ2n) is 5.62. The number of rotatable bonds is 2. The van der Waals surface area contributed by atoms with Gasteiger partial charge in [-0.15, -0.1) is 0 Å². The summed E-state index contributed by atoms with van der Waals surface area (Å²) in [4.78, 5) is 0. The molecule has 3 nitrogen and oxygen atoms in total. The molecule has 4 rings (SSSR count). The Kier molecular flexibility index (Phi) is 2.69. The molecule has 1 aromatic heterocycles. The Morgan fingerprint density at radius 3 is 2.14 bits per heavy atom. The minimum atomic E-state index is -0.879. The van der Waals surface area contributed by atoms with E-state index < -0.39 is 5.60 Å². The minimum absolute atomic E-state index is 0.641. The maximum absolute atomic E-state index is 11.2. The van der Waals surface area contributed by atoms with Crippen LogP contribution in [0.15, 0.2) is 66.9 Å². The lowest BCUT2D eigenvalue weighted by Crippen LogP contribution is -2.29. The number of nitrogens with zero attached hydrogens (tertiary/aromatic N) is 2. The SMILES string of the molecule is OC1(c2ccnn2-c2ccccc2)Cc2ccccc2C1. The Morgan fingerprint density at radius 1 is 0.857 bits per heavy atom. The van der Waals surface area contributed by atoms with Crippen LogP contribution in [-0.4, -0.2) is 14.9 Å². The summed E-state index contributed by atoms with van der Waals surface area (Å²) in [5, 5.41) is 15.5. The highest BCUT2D eigenvalue weighted by molar-refractivity contribution is 5.41. The number of aromatic nitrogens is 2. The van der Waals surface area contributed by atoms with Crippen LogP contribution in [0.5, 0.6) is 0 Å². The molecule has 0 saturated carbocycles. The summed E-state index contributed by atoms with van der Waals surface area (Å²) in [6, 6.07) is 20.1. The van der Waals surface area contributed by atoms with E-state index in [2.05, 4.69) is 17.2 Å². The second-order valence-corrected chi connectivity index (χ2v) is 5.62. The van der Waals surface area contributed by atoms with Crippen LogP contribution in [-0.2, 0) is 18.4 Å². The molecule has 1 aliphatic rings. The maximum Gasteiger partial charge on any atom is 0.115 e. The lowest BCUT2D eigenvalue weighted by atomic mass is 9.96. The molecule has 0 atom stereocenters. The average Bonchev–Trinajstić information content (AvgIpc) is 3.12. The molecule has 104 valence electrons. The first kappa shape index (κ1) is 12.4. The van der Waals surface area contributed by atoms with E-state index in [0.717, 1.165) is 11.4 Å². The number of hydrogen-bond acceptors (Lipinski definition) is 2. The van der Waals surface area contributed by atoms with Crippen LogP contribution in [0, 0.1) is 0 Å². The number of fused-ring (bicyclic) bond motifs is 1. The van der Waals surface area contributed by atoms with Gasteiger partial charge >= 0.3 is 0 Å². The number of benzene rings is 2. The molecule has 0 fully saturated rings. The molecule has 3 heteroatoms. The van der Waals surface area contributed by atoms with E-state index in [1.54, 1.807) is 6.20 Å². The van der Waals surface area contributed by atoms with Crippen LogP contribution >= 0.6 is 0 Å². The molecular weight excluding hydrogens is 260 g/mol. The molecule has 3 aromatic rings. The normalized spacial score (nSPS) is 15.9. The zero-order chi connectivity index (χ0) is 14.3. The molecule has 0 saturated heterocycles. The lowest BCUT2D eigenvalue weighted by Gasteiger charge is -2.23. The quantitative estimate of drug-likeness (QED) is 0.781. The molecule has 0 bridgehead atoms. The third kappa shape index (κ3) is 1.98. The average molecular weight is 276 g/mol. The Labute approximate surface area is 123 Å². The summed E-state index contributed by atoms with van der Waals surface area (Å²) in [6.07, 6.45) is 3.03. The van der Waals surface area contributed by atoms with E-state index in [1.165, 1.54) is 11.1 Å². The first-order valence-electron chi connectivity index (χ1n) is 7.15. The van der Waals surface area contributed by atoms with Crippen LogP contribution in [0.2, 0.25) is 0 Å². The van der Waals surface area contributed by atoms with Crippen molar-refractivity contribution in [3.05, 3.63) is 83.7 Å². The topological polar surface area (TPSA) is 38.1 Å². The molecule has 21 heavy (non-hydrogen) atoms. The Balaban J connectivity index is 1.78. The predicted octanol–water partition coefficient (Wildman–Crippen LogP) is 2.86. The van der Waals surface area contributed by atoms with Gasteiger partial charge in [-0.25, -0.2) is 4.68 Å². The lowest BCUT2D eigenvalue weighted by molar-refractivity contribution is 0.0411. The maximum atomic E-state index is 11.2. The van der Waals surface area contributed by atoms with E-state index in [4.69, 9.17) is 0 Å². The first-order chi connectivity index (χ1) is 10.3. The standard InChI is InChI=1S/C18H16N2O/c21-18(12-14-6-4-5-7-15(14)13-18)17-10-11-19-20(17)16-8-2-1-3-9-16/h1-11,21H,12-13H2. The smallest absolute Gasteiger partial charge is 0.115 e. The summed E-state index contributed by atoms with van der Waals surface area (Å²) in [5.74, 6) is 0. The molecule has 0 amide bonds. The van der Waals surface area contributed by atoms with Crippen molar-refractivity contribution in [1.29, 1.82) is 0 Å². The summed E-state index contributed by atoms with van der Waals surface area (Å²) < 4.78 is 1.84. The van der Waals surface area contributed by atoms with Crippen LogP contribution in [0.25, 0.3) is 5.69 Å². The number of aliphatic hydroxyl groups is 1. The molecule has 1 heterocycles. The van der Waals surface area contributed by atoms with Crippen LogP contribution in [0.1, 0.15) is 16.8 Å². The number of para-hydroxylation sites is 1. The third-order valence-corrected chi connectivity index (χ3v) is 4.20. The van der Waals surface area contributed by atoms with Gasteiger partial charge in [-0.1, -0.05) is 42.5 Å². The van der Waals surface area contributed by atoms with E-state index in [9.17, 15) is 5.11 Å². The molecular formula is C18H16N2O. The third-order valence-electron chi connectivity index (χ3n) is 4.20. The molecule has 2 aromatic carbocycles. The van der Waals surface area contributed by atoms with Gasteiger partial charge in [0.05, 0.1) is 11.4 Å². The molecule has 0 spiro atoms. The van der Waals surface area contributed by atoms with Crippen molar-refractivity contribution in [3.63, 3.8) is 0 Å². The van der Waals surface area contributed by atoms with Crippen molar-refractivity contribution < 1.29 is 5.11 Å². The highest BCUT2D eigenvalue weighted by Gasteiger charge is 2.39. The Hall–Kier alpha value is -2.39. The molecule has 0 radical (unpaired) electrons. The Bertz CT molecular complexity index is 752. The van der Waals surface area contributed by atoms with Gasteiger partial charge in [0.2, 0.25) is 0 Å². The van der Waals surface area contributed by atoms with Crippen molar-refractivity contribution >= 4 is 0 Å². The van der Waals surface area contributed by atoms with Crippen molar-refractivity contribution in [2.75, 3.05) is 0 Å². The first-order valence-corrected chi connectivity index (χ1v) is 7.15. The van der Waals surface area contributed by atoms with Crippen molar-refractivity contribution in [2.45, 2.75) is 18.4 Å². The van der Waals surface area contributed by atoms with Crippen LogP contribution in [0.3, 0.4) is 0 Å². The van der Waals surface area contributed by atoms with Crippen LogP contribution < -0.4 is 0 Å². The van der Waals surface area contributed by atoms with Gasteiger partial charge in [0.25, 0.3) is 0 Å². The van der Waals surface area contributed by atoms with E-state index in [-0.39, 0.29) is 0 Å². The summed E-state index contributed by atoms with van der Waals surface area (Å²) in [6.45, 7) is 0. The fourth-order valence-electron chi connectivity index (χ4n) is 3.21. The van der Waals surface area contributed by atoms with Crippen molar-refractivity contribution in [1.82, 2.24) is 9.78 Å². The van der Waals surface area contributed by atoms with Gasteiger partial charge in [-0.2, -0.15) is 5.10 Å². The Morgan fingerprint density at radius 2 is 1.48 bits per heavy atom. The highest BCUT2D eigenvalue weighted by Crippen LogP contribution is 2.38. The number of hydrogen-bond donors (Lipinski definition) is 1. The molecule has 1 aliphatic carbocycles. The summed E-state index contributed by atoms with van der Waals surface area (Å²) in [5.41, 5.74) is 3.39. The zero-order valence-electron chi connectivity index (χ0n) is 11.6. The van der Waals surface area contributed by atoms with Gasteiger partial charge in [0.15, 0.2) is 0 Å². The summed E-state index contributed by atoms with van der Waals surface area (Å²) in [7, 11) is 0. The largest absolute Gasteiger partial charge is 0.383 e. The predicted molar refractivity (Wildman–Crippen MR) is 81.3 cm³/mol. The van der Waals surface area contributed by atoms with Gasteiger partial charge in [0, 0.05) is 19.0 Å². The van der Waals surface area contributed by atoms with Gasteiger partial charge in [-0.3, -0.25) is 0 Å². The fourth-order valence-corrected chi connectivity index (χ4v) is 3.21. The minimum Gasteiger partial charge on any atom is -0.383 e. The molecule has 0 unspecified atom stereocenters. The highest BCUT2D eigenvalue weighted by atomic mass is 16.3. The van der Waals surface area contributed by atoms with Gasteiger partial charge < -0.3 is 5.11 Å². The van der Waals surface area contributed by atoms with Crippen molar-refractivity contribution in [3.8, 4) is 5.69 Å². The second kappa shape index (κ2) is 4.57.